The van der Waals surface area contributed by atoms with Crippen molar-refractivity contribution in [3.63, 3.8) is 0 Å². The Bertz CT molecular complexity index is 966. The van der Waals surface area contributed by atoms with Crippen LogP contribution in [0.3, 0.4) is 0 Å². The number of hydrogen-bond donors (Lipinski definition) is 1. The Kier molecular flexibility index (Phi) is 4.71. The average molecular weight is 355 g/mol. The molecule has 0 unspecified atom stereocenters. The molecule has 2 heterocycles. The summed E-state index contributed by atoms with van der Waals surface area (Å²) in [6.45, 7) is 3.56. The van der Waals surface area contributed by atoms with Gasteiger partial charge in [-0.05, 0) is 49.1 Å². The van der Waals surface area contributed by atoms with Gasteiger partial charge in [-0.25, -0.2) is 9.37 Å². The summed E-state index contributed by atoms with van der Waals surface area (Å²) in [6.07, 6.45) is 5.20. The summed E-state index contributed by atoms with van der Waals surface area (Å²) in [4.78, 5) is 5.56. The van der Waals surface area contributed by atoms with Gasteiger partial charge in [0, 0.05) is 19.2 Å². The Hall–Kier alpha value is -2.49. The fourth-order valence-corrected chi connectivity index (χ4v) is 3.78. The number of aromatic nitrogens is 3. The summed E-state index contributed by atoms with van der Waals surface area (Å²) in [7, 11) is 1.84. The number of thiazole rings is 1. The van der Waals surface area contributed by atoms with Crippen LogP contribution in [0.25, 0.3) is 10.4 Å². The van der Waals surface area contributed by atoms with E-state index in [4.69, 9.17) is 6.42 Å². The van der Waals surface area contributed by atoms with Crippen LogP contribution in [0.15, 0.2) is 24.3 Å². The van der Waals surface area contributed by atoms with Gasteiger partial charge < -0.3 is 5.11 Å². The Morgan fingerprint density at radius 1 is 1.40 bits per heavy atom. The Balaban J connectivity index is 2.08. The molecule has 25 heavy (non-hydrogen) atoms. The first-order valence-electron chi connectivity index (χ1n) is 7.82. The maximum absolute atomic E-state index is 13.6. The first kappa shape index (κ1) is 17.3. The van der Waals surface area contributed by atoms with Gasteiger partial charge in [0.15, 0.2) is 0 Å². The maximum atomic E-state index is 13.6. The van der Waals surface area contributed by atoms with Crippen molar-refractivity contribution in [2.75, 3.05) is 0 Å². The molecule has 6 heteroatoms. The predicted molar refractivity (Wildman–Crippen MR) is 96.8 cm³/mol. The van der Waals surface area contributed by atoms with E-state index in [2.05, 4.69) is 16.0 Å². The highest BCUT2D eigenvalue weighted by Crippen LogP contribution is 2.36. The molecule has 3 rings (SSSR count). The number of halogens is 1. The molecule has 2 aromatic heterocycles. The molecule has 0 saturated carbocycles. The molecule has 1 aromatic carbocycles. The molecule has 0 radical (unpaired) electrons. The third kappa shape index (κ3) is 3.48. The topological polar surface area (TPSA) is 50.9 Å². The van der Waals surface area contributed by atoms with Crippen LogP contribution in [0.1, 0.15) is 40.7 Å². The van der Waals surface area contributed by atoms with Gasteiger partial charge in [-0.2, -0.15) is 5.10 Å². The van der Waals surface area contributed by atoms with E-state index in [0.717, 1.165) is 26.8 Å². The lowest BCUT2D eigenvalue weighted by Crippen LogP contribution is -2.02. The molecule has 1 atom stereocenters. The fraction of sp³-hybridized carbons (Fsp3) is 0.263. The maximum Gasteiger partial charge on any atom is 0.135 e. The molecular formula is C19H18FN3OS. The highest BCUT2D eigenvalue weighted by atomic mass is 32.1. The van der Waals surface area contributed by atoms with E-state index in [1.54, 1.807) is 17.7 Å². The first-order chi connectivity index (χ1) is 11.9. The molecule has 128 valence electrons. The van der Waals surface area contributed by atoms with E-state index in [-0.39, 0.29) is 5.82 Å². The zero-order chi connectivity index (χ0) is 18.1. The zero-order valence-corrected chi connectivity index (χ0v) is 15.1. The standard InChI is InChI=1S/C19H18FN3OS/c1-5-14-9-15(23(4)22-14)10-18-19(25-12(3)21-18)16-7-6-13(20)8-17(16)11(2)24/h1,6-9,11,24H,10H2,2-4H3/t11-/m1/s1. The lowest BCUT2D eigenvalue weighted by molar-refractivity contribution is 0.199. The molecule has 0 amide bonds. The SMILES string of the molecule is C#Cc1cc(Cc2nc(C)sc2-c2ccc(F)cc2[C@@H](C)O)n(C)n1. The molecule has 1 N–H and O–H groups in total. The van der Waals surface area contributed by atoms with Gasteiger partial charge in [-0.3, -0.25) is 4.68 Å². The van der Waals surface area contributed by atoms with Gasteiger partial charge in [0.05, 0.1) is 21.7 Å². The third-order valence-corrected chi connectivity index (χ3v) is 5.03. The van der Waals surface area contributed by atoms with Crippen LogP contribution in [0.4, 0.5) is 4.39 Å². The normalized spacial score (nSPS) is 12.2. The summed E-state index contributed by atoms with van der Waals surface area (Å²) in [6, 6.07) is 6.34. The highest BCUT2D eigenvalue weighted by molar-refractivity contribution is 7.15. The molecule has 4 nitrogen and oxygen atoms in total. The second-order valence-corrected chi connectivity index (χ2v) is 7.09. The molecule has 0 aliphatic rings. The van der Waals surface area contributed by atoms with Gasteiger partial charge in [0.25, 0.3) is 0 Å². The molecule has 3 aromatic rings. The van der Waals surface area contributed by atoms with Crippen LogP contribution >= 0.6 is 11.3 Å². The number of terminal acetylenes is 1. The number of aryl methyl sites for hydroxylation is 2. The molecule has 0 fully saturated rings. The fourth-order valence-electron chi connectivity index (χ4n) is 2.80. The highest BCUT2D eigenvalue weighted by Gasteiger charge is 2.19. The van der Waals surface area contributed by atoms with Crippen LogP contribution < -0.4 is 0 Å². The lowest BCUT2D eigenvalue weighted by Gasteiger charge is -2.12. The quantitative estimate of drug-likeness (QED) is 0.727. The summed E-state index contributed by atoms with van der Waals surface area (Å²) in [5.74, 6) is 2.16. The molecular weight excluding hydrogens is 337 g/mol. The summed E-state index contributed by atoms with van der Waals surface area (Å²) in [5, 5.41) is 15.2. The van der Waals surface area contributed by atoms with Gasteiger partial charge in [-0.15, -0.1) is 17.8 Å². The number of benzene rings is 1. The predicted octanol–water partition coefficient (Wildman–Crippen LogP) is 3.62. The van der Waals surface area contributed by atoms with Crippen molar-refractivity contribution in [1.82, 2.24) is 14.8 Å². The molecule has 0 saturated heterocycles. The Morgan fingerprint density at radius 2 is 2.16 bits per heavy atom. The van der Waals surface area contributed by atoms with E-state index in [9.17, 15) is 9.50 Å². The van der Waals surface area contributed by atoms with Crippen molar-refractivity contribution in [2.45, 2.75) is 26.4 Å². The second kappa shape index (κ2) is 6.79. The summed E-state index contributed by atoms with van der Waals surface area (Å²) < 4.78 is 15.4. The van der Waals surface area contributed by atoms with E-state index in [0.29, 0.717) is 17.7 Å². The van der Waals surface area contributed by atoms with Crippen molar-refractivity contribution < 1.29 is 9.50 Å². The van der Waals surface area contributed by atoms with E-state index < -0.39 is 6.10 Å². The molecule has 0 bridgehead atoms. The Labute approximate surface area is 150 Å². The first-order valence-corrected chi connectivity index (χ1v) is 8.64. The second-order valence-electron chi connectivity index (χ2n) is 5.88. The van der Waals surface area contributed by atoms with Crippen molar-refractivity contribution in [3.05, 3.63) is 57.7 Å². The number of aliphatic hydroxyl groups is 1. The average Bonchev–Trinajstić information content (AvgIpc) is 3.10. The van der Waals surface area contributed by atoms with Crippen LogP contribution in [-0.4, -0.2) is 19.9 Å². The number of nitrogens with zero attached hydrogens (tertiary/aromatic N) is 3. The van der Waals surface area contributed by atoms with Gasteiger partial charge in [0.2, 0.25) is 0 Å². The van der Waals surface area contributed by atoms with Crippen LogP contribution in [0, 0.1) is 25.1 Å². The monoisotopic (exact) mass is 355 g/mol. The van der Waals surface area contributed by atoms with Crippen LogP contribution in [0.5, 0.6) is 0 Å². The zero-order valence-electron chi connectivity index (χ0n) is 14.2. The van der Waals surface area contributed by atoms with Gasteiger partial charge >= 0.3 is 0 Å². The van der Waals surface area contributed by atoms with Gasteiger partial charge in [-0.1, -0.05) is 6.07 Å². The van der Waals surface area contributed by atoms with Crippen molar-refractivity contribution >= 4 is 11.3 Å². The van der Waals surface area contributed by atoms with E-state index in [1.807, 2.05) is 20.0 Å². The largest absolute Gasteiger partial charge is 0.389 e. The van der Waals surface area contributed by atoms with Crippen molar-refractivity contribution in [1.29, 1.82) is 0 Å². The number of rotatable bonds is 4. The van der Waals surface area contributed by atoms with Crippen LogP contribution in [-0.2, 0) is 13.5 Å². The summed E-state index contributed by atoms with van der Waals surface area (Å²) >= 11 is 1.53. The number of hydrogen-bond acceptors (Lipinski definition) is 4. The Morgan fingerprint density at radius 3 is 2.80 bits per heavy atom. The smallest absolute Gasteiger partial charge is 0.135 e. The van der Waals surface area contributed by atoms with Crippen LogP contribution in [0.2, 0.25) is 0 Å². The third-order valence-electron chi connectivity index (χ3n) is 3.99. The van der Waals surface area contributed by atoms with Crippen molar-refractivity contribution in [3.8, 4) is 22.8 Å². The molecule has 0 spiro atoms. The van der Waals surface area contributed by atoms with E-state index >= 15 is 0 Å². The van der Waals surface area contributed by atoms with Crippen molar-refractivity contribution in [2.24, 2.45) is 7.05 Å². The minimum atomic E-state index is -0.772. The minimum Gasteiger partial charge on any atom is -0.389 e. The molecule has 0 aliphatic heterocycles. The minimum absolute atomic E-state index is 0.368. The summed E-state index contributed by atoms with van der Waals surface area (Å²) in [5.41, 5.74) is 3.75. The lowest BCUT2D eigenvalue weighted by atomic mass is 10.00. The van der Waals surface area contributed by atoms with E-state index in [1.165, 1.54) is 23.5 Å². The van der Waals surface area contributed by atoms with Gasteiger partial charge in [0.1, 0.15) is 11.5 Å². The molecule has 0 aliphatic carbocycles. The number of aliphatic hydroxyl groups excluding tert-OH is 1.